The molecule has 1 N–H and O–H groups in total. The van der Waals surface area contributed by atoms with E-state index in [4.69, 9.17) is 0 Å². The summed E-state index contributed by atoms with van der Waals surface area (Å²) in [4.78, 5) is 11.3. The first-order chi connectivity index (χ1) is 9.02. The van der Waals surface area contributed by atoms with Gasteiger partial charge in [-0.15, -0.1) is 0 Å². The van der Waals surface area contributed by atoms with Crippen molar-refractivity contribution < 1.29 is 0 Å². The smallest absolute Gasteiger partial charge is 0.149 e. The molecule has 0 aliphatic rings. The van der Waals surface area contributed by atoms with Gasteiger partial charge in [0.2, 0.25) is 0 Å². The third kappa shape index (κ3) is 5.90. The Hall–Kier alpha value is -1.32. The van der Waals surface area contributed by atoms with E-state index in [1.165, 1.54) is 0 Å². The van der Waals surface area contributed by atoms with Gasteiger partial charge in [0.15, 0.2) is 0 Å². The summed E-state index contributed by atoms with van der Waals surface area (Å²) in [5, 5.41) is 3.30. The van der Waals surface area contributed by atoms with Crippen LogP contribution in [0.25, 0.3) is 0 Å². The van der Waals surface area contributed by atoms with E-state index in [0.717, 1.165) is 37.7 Å². The molecular weight excluding hydrogens is 236 g/mol. The Morgan fingerprint density at radius 2 is 1.74 bits per heavy atom. The minimum Gasteiger partial charge on any atom is -0.369 e. The summed E-state index contributed by atoms with van der Waals surface area (Å²) in [5.74, 6) is 3.08. The normalized spacial score (nSPS) is 11.1. The van der Waals surface area contributed by atoms with E-state index in [-0.39, 0.29) is 0 Å². The topological polar surface area (TPSA) is 41.1 Å². The maximum Gasteiger partial charge on any atom is 0.149 e. The number of anilines is 2. The van der Waals surface area contributed by atoms with E-state index in [9.17, 15) is 0 Å². The third-order valence-corrected chi connectivity index (χ3v) is 2.67. The summed E-state index contributed by atoms with van der Waals surface area (Å²) in [5.41, 5.74) is 0. The van der Waals surface area contributed by atoms with Gasteiger partial charge in [0.1, 0.15) is 11.6 Å². The standard InChI is InChI=1S/C15H28N4/c1-6-7-17-14-8-16-9-15(18-14)19(10-12(2)3)11-13(4)5/h8-9,12-13H,6-7,10-11H2,1-5H3,(H,17,18). The molecular formula is C15H28N4. The van der Waals surface area contributed by atoms with Crippen molar-refractivity contribution in [1.82, 2.24) is 9.97 Å². The fourth-order valence-electron chi connectivity index (χ4n) is 1.99. The van der Waals surface area contributed by atoms with Gasteiger partial charge < -0.3 is 10.2 Å². The molecule has 0 aliphatic carbocycles. The zero-order valence-corrected chi connectivity index (χ0v) is 13.0. The fourth-order valence-corrected chi connectivity index (χ4v) is 1.99. The average molecular weight is 264 g/mol. The van der Waals surface area contributed by atoms with Crippen molar-refractivity contribution in [2.75, 3.05) is 29.9 Å². The summed E-state index contributed by atoms with van der Waals surface area (Å²) >= 11 is 0. The van der Waals surface area contributed by atoms with Gasteiger partial charge in [-0.1, -0.05) is 34.6 Å². The number of hydrogen-bond acceptors (Lipinski definition) is 4. The highest BCUT2D eigenvalue weighted by Gasteiger charge is 2.12. The number of nitrogens with one attached hydrogen (secondary N) is 1. The highest BCUT2D eigenvalue weighted by molar-refractivity contribution is 5.43. The molecule has 4 nitrogen and oxygen atoms in total. The molecule has 0 atom stereocenters. The third-order valence-electron chi connectivity index (χ3n) is 2.67. The number of hydrogen-bond donors (Lipinski definition) is 1. The molecule has 0 unspecified atom stereocenters. The molecule has 0 bridgehead atoms. The van der Waals surface area contributed by atoms with Crippen LogP contribution in [0.1, 0.15) is 41.0 Å². The molecule has 19 heavy (non-hydrogen) atoms. The van der Waals surface area contributed by atoms with Crippen LogP contribution in [0.2, 0.25) is 0 Å². The van der Waals surface area contributed by atoms with Gasteiger partial charge in [-0.3, -0.25) is 4.98 Å². The molecule has 0 aliphatic heterocycles. The molecule has 1 heterocycles. The first-order valence-corrected chi connectivity index (χ1v) is 7.33. The number of aromatic nitrogens is 2. The minimum absolute atomic E-state index is 0.618. The second-order valence-corrected chi connectivity index (χ2v) is 5.88. The van der Waals surface area contributed by atoms with Crippen molar-refractivity contribution in [2.24, 2.45) is 11.8 Å². The van der Waals surface area contributed by atoms with Gasteiger partial charge in [-0.25, -0.2) is 4.98 Å². The fraction of sp³-hybridized carbons (Fsp3) is 0.733. The Balaban J connectivity index is 2.81. The van der Waals surface area contributed by atoms with Gasteiger partial charge in [0, 0.05) is 19.6 Å². The molecule has 1 aromatic rings. The lowest BCUT2D eigenvalue weighted by atomic mass is 10.1. The quantitative estimate of drug-likeness (QED) is 0.781. The molecule has 0 radical (unpaired) electrons. The monoisotopic (exact) mass is 264 g/mol. The highest BCUT2D eigenvalue weighted by Crippen LogP contribution is 2.16. The van der Waals surface area contributed by atoms with Crippen LogP contribution in [0.5, 0.6) is 0 Å². The molecule has 0 aromatic carbocycles. The van der Waals surface area contributed by atoms with Crippen LogP contribution >= 0.6 is 0 Å². The zero-order chi connectivity index (χ0) is 14.3. The van der Waals surface area contributed by atoms with Gasteiger partial charge in [0.05, 0.1) is 12.4 Å². The summed E-state index contributed by atoms with van der Waals surface area (Å²) in [6.45, 7) is 14.1. The predicted octanol–water partition coefficient (Wildman–Crippen LogP) is 3.42. The van der Waals surface area contributed by atoms with E-state index in [1.54, 1.807) is 6.20 Å². The van der Waals surface area contributed by atoms with Crippen molar-refractivity contribution >= 4 is 11.6 Å². The van der Waals surface area contributed by atoms with E-state index in [0.29, 0.717) is 11.8 Å². The first kappa shape index (κ1) is 15.7. The van der Waals surface area contributed by atoms with Crippen LogP contribution in [0.4, 0.5) is 11.6 Å². The molecule has 0 spiro atoms. The Morgan fingerprint density at radius 1 is 1.11 bits per heavy atom. The van der Waals surface area contributed by atoms with Crippen LogP contribution in [0, 0.1) is 11.8 Å². The Morgan fingerprint density at radius 3 is 2.26 bits per heavy atom. The molecule has 108 valence electrons. The van der Waals surface area contributed by atoms with Crippen LogP contribution in [0.3, 0.4) is 0 Å². The lowest BCUT2D eigenvalue weighted by Crippen LogP contribution is -2.32. The number of nitrogens with zero attached hydrogens (tertiary/aromatic N) is 3. The number of rotatable bonds is 8. The summed E-state index contributed by atoms with van der Waals surface area (Å²) in [6, 6.07) is 0. The molecule has 1 rings (SSSR count). The lowest BCUT2D eigenvalue weighted by molar-refractivity contribution is 0.548. The van der Waals surface area contributed by atoms with Crippen molar-refractivity contribution in [3.05, 3.63) is 12.4 Å². The van der Waals surface area contributed by atoms with E-state index < -0.39 is 0 Å². The molecule has 0 amide bonds. The molecule has 0 fully saturated rings. The maximum atomic E-state index is 4.67. The van der Waals surface area contributed by atoms with Crippen LogP contribution in [0.15, 0.2) is 12.4 Å². The zero-order valence-electron chi connectivity index (χ0n) is 13.0. The Kier molecular flexibility index (Phi) is 6.60. The van der Waals surface area contributed by atoms with Gasteiger partial charge in [-0.2, -0.15) is 0 Å². The van der Waals surface area contributed by atoms with Gasteiger partial charge in [-0.05, 0) is 18.3 Å². The van der Waals surface area contributed by atoms with E-state index >= 15 is 0 Å². The molecule has 4 heteroatoms. The largest absolute Gasteiger partial charge is 0.369 e. The van der Waals surface area contributed by atoms with Crippen LogP contribution < -0.4 is 10.2 Å². The van der Waals surface area contributed by atoms with Crippen LogP contribution in [-0.4, -0.2) is 29.6 Å². The minimum atomic E-state index is 0.618. The van der Waals surface area contributed by atoms with Crippen molar-refractivity contribution in [3.8, 4) is 0 Å². The average Bonchev–Trinajstić information content (AvgIpc) is 2.35. The van der Waals surface area contributed by atoms with E-state index in [2.05, 4.69) is 54.8 Å². The Labute approximate surface area is 117 Å². The highest BCUT2D eigenvalue weighted by atomic mass is 15.2. The van der Waals surface area contributed by atoms with Crippen molar-refractivity contribution in [1.29, 1.82) is 0 Å². The van der Waals surface area contributed by atoms with E-state index in [1.807, 2.05) is 6.20 Å². The summed E-state index contributed by atoms with van der Waals surface area (Å²) in [7, 11) is 0. The van der Waals surface area contributed by atoms with Crippen molar-refractivity contribution in [3.63, 3.8) is 0 Å². The molecule has 0 saturated carbocycles. The predicted molar refractivity (Wildman–Crippen MR) is 82.7 cm³/mol. The van der Waals surface area contributed by atoms with Crippen molar-refractivity contribution in [2.45, 2.75) is 41.0 Å². The molecule has 0 saturated heterocycles. The molecule has 1 aromatic heterocycles. The van der Waals surface area contributed by atoms with Crippen LogP contribution in [-0.2, 0) is 0 Å². The first-order valence-electron chi connectivity index (χ1n) is 7.33. The second kappa shape index (κ2) is 7.97. The van der Waals surface area contributed by atoms with Gasteiger partial charge in [0.25, 0.3) is 0 Å². The summed E-state index contributed by atoms with van der Waals surface area (Å²) < 4.78 is 0. The lowest BCUT2D eigenvalue weighted by Gasteiger charge is -2.27. The Bertz CT molecular complexity index is 353. The maximum absolute atomic E-state index is 4.67. The SMILES string of the molecule is CCCNc1cncc(N(CC(C)C)CC(C)C)n1. The van der Waals surface area contributed by atoms with Gasteiger partial charge >= 0.3 is 0 Å². The summed E-state index contributed by atoms with van der Waals surface area (Å²) in [6.07, 6.45) is 4.75. The second-order valence-electron chi connectivity index (χ2n) is 5.88.